The summed E-state index contributed by atoms with van der Waals surface area (Å²) in [5.74, 6) is 0.0617. The van der Waals surface area contributed by atoms with Crippen molar-refractivity contribution < 1.29 is 9.63 Å². The summed E-state index contributed by atoms with van der Waals surface area (Å²) in [5, 5.41) is 4.13. The van der Waals surface area contributed by atoms with Crippen LogP contribution in [0.25, 0.3) is 0 Å². The molecule has 2 saturated heterocycles. The van der Waals surface area contributed by atoms with Crippen LogP contribution in [0.4, 0.5) is 5.69 Å². The van der Waals surface area contributed by atoms with Gasteiger partial charge in [-0.15, -0.1) is 11.3 Å². The number of piperidine rings is 1. The lowest BCUT2D eigenvalue weighted by atomic mass is 9.74. The van der Waals surface area contributed by atoms with Crippen molar-refractivity contribution in [3.05, 3.63) is 124 Å². The molecule has 6 rings (SSSR count). The van der Waals surface area contributed by atoms with Crippen molar-refractivity contribution in [1.29, 1.82) is 0 Å². The molecular formula is C32H32N2O2S. The Hall–Kier alpha value is -3.25. The molecule has 0 aliphatic carbocycles. The van der Waals surface area contributed by atoms with Gasteiger partial charge in [-0.25, -0.2) is 5.06 Å². The van der Waals surface area contributed by atoms with Crippen LogP contribution in [0.15, 0.2) is 102 Å². The number of thiophene rings is 1. The van der Waals surface area contributed by atoms with Crippen LogP contribution in [0, 0.1) is 6.92 Å². The first-order valence-corrected chi connectivity index (χ1v) is 13.9. The number of ketones is 1. The highest BCUT2D eigenvalue weighted by atomic mass is 32.1. The summed E-state index contributed by atoms with van der Waals surface area (Å²) in [5.41, 5.74) is 3.62. The van der Waals surface area contributed by atoms with E-state index in [1.54, 1.807) is 11.3 Å². The number of hydroxylamine groups is 1. The Morgan fingerprint density at radius 1 is 0.919 bits per heavy atom. The van der Waals surface area contributed by atoms with Gasteiger partial charge in [0.15, 0.2) is 11.4 Å². The van der Waals surface area contributed by atoms with Crippen molar-refractivity contribution in [1.82, 2.24) is 4.90 Å². The van der Waals surface area contributed by atoms with Crippen molar-refractivity contribution in [2.24, 2.45) is 0 Å². The molecule has 1 spiro atoms. The number of hydrogen-bond acceptors (Lipinski definition) is 5. The maximum Gasteiger partial charge on any atom is 0.176 e. The van der Waals surface area contributed by atoms with Crippen molar-refractivity contribution >= 4 is 22.8 Å². The molecule has 0 radical (unpaired) electrons. The Bertz CT molecular complexity index is 1340. The molecule has 4 nitrogen and oxygen atoms in total. The monoisotopic (exact) mass is 508 g/mol. The quantitative estimate of drug-likeness (QED) is 0.288. The molecule has 4 aromatic rings. The topological polar surface area (TPSA) is 32.8 Å². The summed E-state index contributed by atoms with van der Waals surface area (Å²) in [6.07, 6.45) is 0.475. The summed E-state index contributed by atoms with van der Waals surface area (Å²) in [4.78, 5) is 24.7. The van der Waals surface area contributed by atoms with E-state index in [1.165, 1.54) is 16.0 Å². The largest absolute Gasteiger partial charge is 0.296 e. The van der Waals surface area contributed by atoms with Crippen LogP contribution in [-0.4, -0.2) is 29.4 Å². The number of carbonyl (C=O) groups is 1. The third-order valence-corrected chi connectivity index (χ3v) is 8.93. The average molecular weight is 509 g/mol. The van der Waals surface area contributed by atoms with E-state index >= 15 is 0 Å². The standard InChI is InChI=1S/C32H32N2O2S/c1-23-15-17-26(18-16-23)31-30(28-14-9-21-37-28)32(36-34(31)27-12-7-4-8-13-27)22-33(20-19-29(32)35)24(2)25-10-5-3-6-11-25/h3-18,21,24,30-31H,19-20,22H2,1-2H3/t24?,30-,31-,32?/m0/s1. The molecule has 2 fully saturated rings. The van der Waals surface area contributed by atoms with E-state index in [-0.39, 0.29) is 23.8 Å². The van der Waals surface area contributed by atoms with Crippen molar-refractivity contribution in [3.8, 4) is 0 Å². The molecule has 2 aliphatic heterocycles. The Morgan fingerprint density at radius 2 is 1.62 bits per heavy atom. The van der Waals surface area contributed by atoms with Crippen LogP contribution in [0.1, 0.15) is 52.9 Å². The second kappa shape index (κ2) is 9.90. The summed E-state index contributed by atoms with van der Waals surface area (Å²) >= 11 is 1.72. The number of para-hydroxylation sites is 1. The smallest absolute Gasteiger partial charge is 0.176 e. The molecule has 37 heavy (non-hydrogen) atoms. The summed E-state index contributed by atoms with van der Waals surface area (Å²) in [6, 6.07) is 33.8. The number of nitrogens with zero attached hydrogens (tertiary/aromatic N) is 2. The predicted molar refractivity (Wildman–Crippen MR) is 150 cm³/mol. The fraction of sp³-hybridized carbons (Fsp3) is 0.281. The molecule has 0 N–H and O–H groups in total. The first-order valence-electron chi connectivity index (χ1n) is 13.0. The lowest BCUT2D eigenvalue weighted by Gasteiger charge is -2.43. The Labute approximate surface area is 223 Å². The maximum atomic E-state index is 14.1. The molecule has 2 unspecified atom stereocenters. The number of Topliss-reactive ketones (excluding diaryl/α,β-unsaturated/α-hetero) is 1. The number of anilines is 1. The minimum absolute atomic E-state index is 0.127. The molecule has 0 saturated carbocycles. The van der Waals surface area contributed by atoms with Crippen LogP contribution in [0.3, 0.4) is 0 Å². The number of hydrogen-bond donors (Lipinski definition) is 0. The first kappa shape index (κ1) is 24.1. The van der Waals surface area contributed by atoms with Crippen LogP contribution in [0.2, 0.25) is 0 Å². The van der Waals surface area contributed by atoms with Gasteiger partial charge in [-0.3, -0.25) is 14.5 Å². The van der Waals surface area contributed by atoms with Crippen molar-refractivity contribution in [2.75, 3.05) is 18.2 Å². The van der Waals surface area contributed by atoms with Crippen molar-refractivity contribution in [2.45, 2.75) is 43.9 Å². The first-order chi connectivity index (χ1) is 18.1. The number of benzene rings is 3. The Kier molecular flexibility index (Phi) is 6.45. The lowest BCUT2D eigenvalue weighted by molar-refractivity contribution is -0.151. The van der Waals surface area contributed by atoms with Gasteiger partial charge in [-0.1, -0.05) is 84.4 Å². The van der Waals surface area contributed by atoms with Gasteiger partial charge < -0.3 is 0 Å². The third-order valence-electron chi connectivity index (χ3n) is 7.98. The van der Waals surface area contributed by atoms with Gasteiger partial charge in [0.2, 0.25) is 0 Å². The van der Waals surface area contributed by atoms with E-state index in [0.717, 1.165) is 17.8 Å². The second-order valence-corrected chi connectivity index (χ2v) is 11.2. The van der Waals surface area contributed by atoms with Gasteiger partial charge in [-0.05, 0) is 48.6 Å². The summed E-state index contributed by atoms with van der Waals surface area (Å²) in [7, 11) is 0. The predicted octanol–water partition coefficient (Wildman–Crippen LogP) is 7.11. The van der Waals surface area contributed by atoms with E-state index in [4.69, 9.17) is 4.84 Å². The van der Waals surface area contributed by atoms with E-state index in [2.05, 4.69) is 96.9 Å². The van der Waals surface area contributed by atoms with Crippen LogP contribution < -0.4 is 5.06 Å². The minimum Gasteiger partial charge on any atom is -0.296 e. The molecule has 5 heteroatoms. The van der Waals surface area contributed by atoms with Crippen LogP contribution >= 0.6 is 11.3 Å². The fourth-order valence-corrected chi connectivity index (χ4v) is 6.90. The van der Waals surface area contributed by atoms with Gasteiger partial charge in [0.25, 0.3) is 0 Å². The molecule has 0 bridgehead atoms. The van der Waals surface area contributed by atoms with Gasteiger partial charge in [0, 0.05) is 30.4 Å². The normalized spacial score (nSPS) is 25.0. The van der Waals surface area contributed by atoms with E-state index in [0.29, 0.717) is 13.0 Å². The number of rotatable bonds is 5. The van der Waals surface area contributed by atoms with Crippen molar-refractivity contribution in [3.63, 3.8) is 0 Å². The van der Waals surface area contributed by atoms with E-state index in [1.807, 2.05) is 29.3 Å². The highest BCUT2D eigenvalue weighted by molar-refractivity contribution is 7.10. The Morgan fingerprint density at radius 3 is 2.30 bits per heavy atom. The van der Waals surface area contributed by atoms with Gasteiger partial charge in [0.1, 0.15) is 0 Å². The van der Waals surface area contributed by atoms with E-state index in [9.17, 15) is 4.79 Å². The Balaban J connectivity index is 1.49. The molecule has 4 atom stereocenters. The zero-order valence-electron chi connectivity index (χ0n) is 21.3. The van der Waals surface area contributed by atoms with Gasteiger partial charge >= 0.3 is 0 Å². The molecular weight excluding hydrogens is 476 g/mol. The van der Waals surface area contributed by atoms with Gasteiger partial charge in [0.05, 0.1) is 17.6 Å². The molecule has 0 amide bonds. The maximum absolute atomic E-state index is 14.1. The lowest BCUT2D eigenvalue weighted by Crippen LogP contribution is -2.57. The zero-order chi connectivity index (χ0) is 25.4. The highest BCUT2D eigenvalue weighted by Crippen LogP contribution is 2.56. The molecule has 1 aromatic heterocycles. The summed E-state index contributed by atoms with van der Waals surface area (Å²) < 4.78 is 0. The summed E-state index contributed by atoms with van der Waals surface area (Å²) in [6.45, 7) is 5.63. The van der Waals surface area contributed by atoms with E-state index < -0.39 is 5.60 Å². The minimum atomic E-state index is -0.975. The third kappa shape index (κ3) is 4.31. The second-order valence-electron chi connectivity index (χ2n) is 10.2. The molecule has 188 valence electrons. The molecule has 3 aromatic carbocycles. The van der Waals surface area contributed by atoms with Crippen LogP contribution in [-0.2, 0) is 9.63 Å². The van der Waals surface area contributed by atoms with Crippen LogP contribution in [0.5, 0.6) is 0 Å². The number of likely N-dealkylation sites (tertiary alicyclic amines) is 1. The fourth-order valence-electron chi connectivity index (χ4n) is 5.96. The number of carbonyl (C=O) groups excluding carboxylic acids is 1. The molecule has 3 heterocycles. The van der Waals surface area contributed by atoms with Gasteiger partial charge in [-0.2, -0.15) is 0 Å². The zero-order valence-corrected chi connectivity index (χ0v) is 22.1. The number of aryl methyl sites for hydroxylation is 1. The average Bonchev–Trinajstić information content (AvgIpc) is 3.58. The SMILES string of the molecule is Cc1ccc([C@H]2[C@H](c3cccs3)C3(CN(C(C)c4ccccc4)CCC3=O)ON2c2ccccc2)cc1. The highest BCUT2D eigenvalue weighted by Gasteiger charge is 2.62. The molecule has 2 aliphatic rings.